The average Bonchev–Trinajstić information content (AvgIpc) is 3.16. The van der Waals surface area contributed by atoms with Crippen molar-refractivity contribution >= 4 is 45.7 Å². The summed E-state index contributed by atoms with van der Waals surface area (Å²) in [6, 6.07) is 13.9. The number of imide groups is 1. The van der Waals surface area contributed by atoms with E-state index in [4.69, 9.17) is 0 Å². The average molecular weight is 503 g/mol. The number of fused-ring (bicyclic) bond motifs is 1. The Hall–Kier alpha value is -2.23. The first kappa shape index (κ1) is 20.1. The number of nitrogens with one attached hydrogen (secondary N) is 2. The van der Waals surface area contributed by atoms with Crippen molar-refractivity contribution in [3.8, 4) is 0 Å². The summed E-state index contributed by atoms with van der Waals surface area (Å²) in [6.07, 6.45) is 3.89. The molecule has 2 aromatic carbocycles. The van der Waals surface area contributed by atoms with Crippen LogP contribution in [0.2, 0.25) is 0 Å². The van der Waals surface area contributed by atoms with Crippen LogP contribution in [0.4, 0.5) is 5.69 Å². The van der Waals surface area contributed by atoms with Gasteiger partial charge in [0.15, 0.2) is 0 Å². The van der Waals surface area contributed by atoms with Crippen LogP contribution in [0.15, 0.2) is 48.7 Å². The third kappa shape index (κ3) is 4.22. The van der Waals surface area contributed by atoms with E-state index in [1.807, 2.05) is 24.3 Å². The van der Waals surface area contributed by atoms with Gasteiger partial charge in [0.25, 0.3) is 11.8 Å². The number of amides is 2. The SMILES string of the molecule is O=C1NC(=O)c2ccc(I)cc2/C1=C/Nc1ccc(C2CCCN2CCO)cc1. The molecule has 2 heterocycles. The molecule has 2 aliphatic heterocycles. The van der Waals surface area contributed by atoms with E-state index in [1.54, 1.807) is 12.3 Å². The highest BCUT2D eigenvalue weighted by Crippen LogP contribution is 2.32. The summed E-state index contributed by atoms with van der Waals surface area (Å²) in [4.78, 5) is 26.7. The van der Waals surface area contributed by atoms with Crippen molar-refractivity contribution in [2.45, 2.75) is 18.9 Å². The molecular formula is C22H22IN3O3. The van der Waals surface area contributed by atoms with Crippen LogP contribution in [0, 0.1) is 3.57 Å². The fourth-order valence-corrected chi connectivity index (χ4v) is 4.49. The highest BCUT2D eigenvalue weighted by Gasteiger charge is 2.27. The van der Waals surface area contributed by atoms with Gasteiger partial charge < -0.3 is 10.4 Å². The van der Waals surface area contributed by atoms with Crippen molar-refractivity contribution in [3.05, 3.63) is 68.9 Å². The Bertz CT molecular complexity index is 972. The lowest BCUT2D eigenvalue weighted by atomic mass is 9.95. The van der Waals surface area contributed by atoms with Crippen molar-refractivity contribution in [2.75, 3.05) is 25.0 Å². The van der Waals surface area contributed by atoms with Crippen molar-refractivity contribution in [2.24, 2.45) is 0 Å². The minimum Gasteiger partial charge on any atom is -0.395 e. The van der Waals surface area contributed by atoms with E-state index in [2.05, 4.69) is 50.3 Å². The number of rotatable bonds is 5. The maximum atomic E-state index is 12.4. The van der Waals surface area contributed by atoms with Gasteiger partial charge in [-0.15, -0.1) is 0 Å². The minimum atomic E-state index is -0.403. The number of aliphatic hydroxyl groups is 1. The molecule has 2 aromatic rings. The molecule has 1 unspecified atom stereocenters. The molecule has 0 spiro atoms. The molecule has 1 saturated heterocycles. The van der Waals surface area contributed by atoms with E-state index in [0.717, 1.165) is 28.6 Å². The molecule has 0 radical (unpaired) electrons. The number of hydrogen-bond donors (Lipinski definition) is 3. The van der Waals surface area contributed by atoms with Gasteiger partial charge >= 0.3 is 0 Å². The summed E-state index contributed by atoms with van der Waals surface area (Å²) < 4.78 is 0.961. The van der Waals surface area contributed by atoms with Crippen molar-refractivity contribution in [3.63, 3.8) is 0 Å². The van der Waals surface area contributed by atoms with Crippen LogP contribution < -0.4 is 10.6 Å². The van der Waals surface area contributed by atoms with E-state index >= 15 is 0 Å². The number of carbonyl (C=O) groups excluding carboxylic acids is 2. The fourth-order valence-electron chi connectivity index (χ4n) is 4.00. The first-order valence-electron chi connectivity index (χ1n) is 9.64. The second kappa shape index (κ2) is 8.64. The fraction of sp³-hybridized carbons (Fsp3) is 0.273. The normalized spacial score (nSPS) is 20.6. The summed E-state index contributed by atoms with van der Waals surface area (Å²) >= 11 is 2.17. The number of β-amino-alcohol motifs (C(OH)–C–C–N with tert-alkyl or cyclic N) is 1. The number of likely N-dealkylation sites (tertiary alicyclic amines) is 1. The Balaban J connectivity index is 1.54. The smallest absolute Gasteiger partial charge is 0.260 e. The number of anilines is 1. The maximum absolute atomic E-state index is 12.4. The maximum Gasteiger partial charge on any atom is 0.260 e. The van der Waals surface area contributed by atoms with Crippen LogP contribution in [-0.2, 0) is 4.79 Å². The highest BCUT2D eigenvalue weighted by atomic mass is 127. The first-order chi connectivity index (χ1) is 14.1. The van der Waals surface area contributed by atoms with Crippen LogP contribution >= 0.6 is 22.6 Å². The Labute approximate surface area is 183 Å². The van der Waals surface area contributed by atoms with Gasteiger partial charge in [-0.05, 0) is 77.9 Å². The highest BCUT2D eigenvalue weighted by molar-refractivity contribution is 14.1. The minimum absolute atomic E-state index is 0.175. The zero-order valence-electron chi connectivity index (χ0n) is 15.8. The molecule has 0 aliphatic carbocycles. The standard InChI is InChI=1S/C22H22IN3O3/c23-15-5-8-17-18(12-15)19(22(29)25-21(17)28)13-24-16-6-3-14(4-7-16)20-2-1-9-26(20)10-11-27/h3-8,12-13,20,24,27H,1-2,9-11H2,(H,25,28,29)/b19-13-. The molecular weight excluding hydrogens is 481 g/mol. The second-order valence-electron chi connectivity index (χ2n) is 7.22. The number of hydrogen-bond acceptors (Lipinski definition) is 5. The van der Waals surface area contributed by atoms with Gasteiger partial charge in [-0.1, -0.05) is 12.1 Å². The summed E-state index contributed by atoms with van der Waals surface area (Å²) in [5.74, 6) is -0.772. The van der Waals surface area contributed by atoms with E-state index < -0.39 is 5.91 Å². The van der Waals surface area contributed by atoms with Crippen LogP contribution in [-0.4, -0.2) is 41.5 Å². The summed E-state index contributed by atoms with van der Waals surface area (Å²) in [5, 5.41) is 14.8. The lowest BCUT2D eigenvalue weighted by Gasteiger charge is -2.24. The van der Waals surface area contributed by atoms with Crippen LogP contribution in [0.25, 0.3) is 5.57 Å². The monoisotopic (exact) mass is 503 g/mol. The number of carbonyl (C=O) groups is 2. The molecule has 2 aliphatic rings. The topological polar surface area (TPSA) is 81.7 Å². The third-order valence-electron chi connectivity index (χ3n) is 5.42. The van der Waals surface area contributed by atoms with Gasteiger partial charge in [-0.25, -0.2) is 0 Å². The molecule has 1 atom stereocenters. The third-order valence-corrected chi connectivity index (χ3v) is 6.09. The molecule has 1 fully saturated rings. The molecule has 4 rings (SSSR count). The molecule has 0 saturated carbocycles. The molecule has 0 bridgehead atoms. The number of nitrogens with zero attached hydrogens (tertiary/aromatic N) is 1. The van der Waals surface area contributed by atoms with Crippen LogP contribution in [0.5, 0.6) is 0 Å². The van der Waals surface area contributed by atoms with Crippen molar-refractivity contribution in [1.29, 1.82) is 0 Å². The Morgan fingerprint density at radius 1 is 1.14 bits per heavy atom. The predicted octanol–water partition coefficient (Wildman–Crippen LogP) is 3.14. The number of benzene rings is 2. The molecule has 150 valence electrons. The van der Waals surface area contributed by atoms with Gasteiger partial charge in [0, 0.05) is 39.2 Å². The first-order valence-corrected chi connectivity index (χ1v) is 10.7. The molecule has 2 amide bonds. The van der Waals surface area contributed by atoms with Crippen molar-refractivity contribution < 1.29 is 14.7 Å². The summed E-state index contributed by atoms with van der Waals surface area (Å²) in [6.45, 7) is 1.89. The molecule has 6 nitrogen and oxygen atoms in total. The summed E-state index contributed by atoms with van der Waals surface area (Å²) in [5.41, 5.74) is 3.67. The molecule has 7 heteroatoms. The van der Waals surface area contributed by atoms with Crippen LogP contribution in [0.3, 0.4) is 0 Å². The van der Waals surface area contributed by atoms with E-state index in [-0.39, 0.29) is 12.5 Å². The van der Waals surface area contributed by atoms with Crippen molar-refractivity contribution in [1.82, 2.24) is 10.2 Å². The van der Waals surface area contributed by atoms with E-state index in [1.165, 1.54) is 5.56 Å². The summed E-state index contributed by atoms with van der Waals surface area (Å²) in [7, 11) is 0. The Morgan fingerprint density at radius 3 is 2.69 bits per heavy atom. The van der Waals surface area contributed by atoms with E-state index in [0.29, 0.717) is 29.3 Å². The Morgan fingerprint density at radius 2 is 1.93 bits per heavy atom. The van der Waals surface area contributed by atoms with Gasteiger partial charge in [0.1, 0.15) is 0 Å². The number of aliphatic hydroxyl groups excluding tert-OH is 1. The zero-order chi connectivity index (χ0) is 20.4. The Kier molecular flexibility index (Phi) is 5.98. The largest absolute Gasteiger partial charge is 0.395 e. The van der Waals surface area contributed by atoms with Gasteiger partial charge in [0.05, 0.1) is 12.2 Å². The quantitative estimate of drug-likeness (QED) is 0.332. The molecule has 29 heavy (non-hydrogen) atoms. The molecule has 0 aromatic heterocycles. The van der Waals surface area contributed by atoms with Gasteiger partial charge in [0.2, 0.25) is 0 Å². The predicted molar refractivity (Wildman–Crippen MR) is 120 cm³/mol. The zero-order valence-corrected chi connectivity index (χ0v) is 18.0. The molecule has 3 N–H and O–H groups in total. The van der Waals surface area contributed by atoms with E-state index in [9.17, 15) is 14.7 Å². The number of halogens is 1. The van der Waals surface area contributed by atoms with Crippen LogP contribution in [0.1, 0.15) is 40.4 Å². The van der Waals surface area contributed by atoms with Gasteiger partial charge in [-0.2, -0.15) is 0 Å². The lowest BCUT2D eigenvalue weighted by Crippen LogP contribution is -2.36. The second-order valence-corrected chi connectivity index (χ2v) is 8.46. The van der Waals surface area contributed by atoms with Gasteiger partial charge in [-0.3, -0.25) is 19.8 Å². The lowest BCUT2D eigenvalue weighted by molar-refractivity contribution is -0.114.